The molecule has 68 valence electrons. The first-order valence-electron chi connectivity index (χ1n) is 3.95. The summed E-state index contributed by atoms with van der Waals surface area (Å²) in [6.45, 7) is 0.770. The molecule has 1 rings (SSSR count). The molecule has 1 aromatic rings. The van der Waals surface area contributed by atoms with Gasteiger partial charge in [0.1, 0.15) is 12.2 Å². The monoisotopic (exact) mass is 186 g/mol. The standard InChI is InChI=1S/C7H14N4S/c1-11-7(9-6-10-11)5-12-4-2-3-8/h6H,2-5,8H2,1H3. The van der Waals surface area contributed by atoms with Gasteiger partial charge in [-0.15, -0.1) is 0 Å². The maximum absolute atomic E-state index is 5.37. The highest BCUT2D eigenvalue weighted by Crippen LogP contribution is 2.08. The Labute approximate surface area is 76.5 Å². The van der Waals surface area contributed by atoms with Gasteiger partial charge in [-0.25, -0.2) is 4.98 Å². The number of nitrogens with zero attached hydrogens (tertiary/aromatic N) is 3. The first-order valence-corrected chi connectivity index (χ1v) is 5.10. The van der Waals surface area contributed by atoms with Gasteiger partial charge < -0.3 is 5.73 Å². The SMILES string of the molecule is Cn1ncnc1CSCCCN. The summed E-state index contributed by atoms with van der Waals surface area (Å²) in [7, 11) is 1.91. The van der Waals surface area contributed by atoms with Crippen LogP contribution in [-0.2, 0) is 12.8 Å². The van der Waals surface area contributed by atoms with Gasteiger partial charge in [0.15, 0.2) is 0 Å². The second-order valence-electron chi connectivity index (χ2n) is 2.49. The minimum Gasteiger partial charge on any atom is -0.330 e. The molecule has 0 aliphatic heterocycles. The fourth-order valence-corrected chi connectivity index (χ4v) is 1.76. The van der Waals surface area contributed by atoms with E-state index in [4.69, 9.17) is 5.73 Å². The lowest BCUT2D eigenvalue weighted by Crippen LogP contribution is -2.01. The van der Waals surface area contributed by atoms with Crippen molar-refractivity contribution in [2.45, 2.75) is 12.2 Å². The summed E-state index contributed by atoms with van der Waals surface area (Å²) in [5.74, 6) is 3.05. The summed E-state index contributed by atoms with van der Waals surface area (Å²) in [4.78, 5) is 4.11. The highest BCUT2D eigenvalue weighted by molar-refractivity contribution is 7.98. The zero-order valence-electron chi connectivity index (χ0n) is 7.23. The van der Waals surface area contributed by atoms with Crippen LogP contribution in [0.4, 0.5) is 0 Å². The molecule has 0 aromatic carbocycles. The predicted molar refractivity (Wildman–Crippen MR) is 50.8 cm³/mol. The molecule has 0 saturated heterocycles. The van der Waals surface area contributed by atoms with E-state index in [0.717, 1.165) is 30.3 Å². The molecule has 0 fully saturated rings. The topological polar surface area (TPSA) is 56.7 Å². The fraction of sp³-hybridized carbons (Fsp3) is 0.714. The third kappa shape index (κ3) is 2.83. The van der Waals surface area contributed by atoms with E-state index in [0.29, 0.717) is 0 Å². The Morgan fingerprint density at radius 1 is 1.67 bits per heavy atom. The first-order chi connectivity index (χ1) is 5.84. The van der Waals surface area contributed by atoms with Crippen LogP contribution < -0.4 is 5.73 Å². The van der Waals surface area contributed by atoms with Gasteiger partial charge in [0.2, 0.25) is 0 Å². The molecule has 0 unspecified atom stereocenters. The molecule has 0 saturated carbocycles. The molecule has 1 aromatic heterocycles. The zero-order valence-corrected chi connectivity index (χ0v) is 8.05. The van der Waals surface area contributed by atoms with Crippen LogP contribution in [0, 0.1) is 0 Å². The van der Waals surface area contributed by atoms with E-state index in [1.165, 1.54) is 0 Å². The lowest BCUT2D eigenvalue weighted by molar-refractivity contribution is 0.729. The number of hydrogen-bond acceptors (Lipinski definition) is 4. The van der Waals surface area contributed by atoms with Crippen LogP contribution in [0.15, 0.2) is 6.33 Å². The summed E-state index contributed by atoms with van der Waals surface area (Å²) < 4.78 is 1.80. The van der Waals surface area contributed by atoms with Crippen molar-refractivity contribution in [1.82, 2.24) is 14.8 Å². The number of aryl methyl sites for hydroxylation is 1. The van der Waals surface area contributed by atoms with Crippen LogP contribution in [0.3, 0.4) is 0 Å². The molecule has 5 heteroatoms. The molecule has 0 spiro atoms. The van der Waals surface area contributed by atoms with Gasteiger partial charge in [0, 0.05) is 7.05 Å². The van der Waals surface area contributed by atoms with Crippen molar-refractivity contribution in [2.24, 2.45) is 12.8 Å². The maximum Gasteiger partial charge on any atom is 0.138 e. The summed E-state index contributed by atoms with van der Waals surface area (Å²) in [5, 5.41) is 3.98. The Bertz CT molecular complexity index is 223. The van der Waals surface area contributed by atoms with E-state index >= 15 is 0 Å². The van der Waals surface area contributed by atoms with E-state index in [9.17, 15) is 0 Å². The van der Waals surface area contributed by atoms with Gasteiger partial charge in [0.25, 0.3) is 0 Å². The third-order valence-corrected chi connectivity index (χ3v) is 2.57. The molecule has 2 N–H and O–H groups in total. The summed E-state index contributed by atoms with van der Waals surface area (Å²) >= 11 is 1.85. The van der Waals surface area contributed by atoms with E-state index in [1.54, 1.807) is 11.0 Å². The molecule has 0 aliphatic rings. The van der Waals surface area contributed by atoms with Gasteiger partial charge in [-0.2, -0.15) is 16.9 Å². The number of hydrogen-bond donors (Lipinski definition) is 1. The molecule has 1 heterocycles. The Morgan fingerprint density at radius 2 is 2.50 bits per heavy atom. The molecule has 0 bridgehead atoms. The Morgan fingerprint density at radius 3 is 3.08 bits per heavy atom. The molecular formula is C7H14N4S. The van der Waals surface area contributed by atoms with Crippen LogP contribution in [0.25, 0.3) is 0 Å². The molecular weight excluding hydrogens is 172 g/mol. The van der Waals surface area contributed by atoms with E-state index in [-0.39, 0.29) is 0 Å². The van der Waals surface area contributed by atoms with Gasteiger partial charge in [-0.3, -0.25) is 4.68 Å². The van der Waals surface area contributed by atoms with E-state index in [1.807, 2.05) is 18.8 Å². The van der Waals surface area contributed by atoms with E-state index < -0.39 is 0 Å². The molecule has 0 atom stereocenters. The minimum atomic E-state index is 0.770. The van der Waals surface area contributed by atoms with Crippen LogP contribution in [-0.4, -0.2) is 27.1 Å². The average Bonchev–Trinajstić information content (AvgIpc) is 2.46. The van der Waals surface area contributed by atoms with Crippen LogP contribution in [0.1, 0.15) is 12.2 Å². The number of thioether (sulfide) groups is 1. The highest BCUT2D eigenvalue weighted by Gasteiger charge is 1.98. The van der Waals surface area contributed by atoms with Gasteiger partial charge in [-0.05, 0) is 18.7 Å². The van der Waals surface area contributed by atoms with Crippen LogP contribution in [0.2, 0.25) is 0 Å². The Hall–Kier alpha value is -0.550. The van der Waals surface area contributed by atoms with Crippen molar-refractivity contribution in [1.29, 1.82) is 0 Å². The quantitative estimate of drug-likeness (QED) is 0.676. The lowest BCUT2D eigenvalue weighted by atomic mass is 10.5. The normalized spacial score (nSPS) is 10.5. The summed E-state index contributed by atoms with van der Waals surface area (Å²) in [6, 6.07) is 0. The van der Waals surface area contributed by atoms with Gasteiger partial charge in [-0.1, -0.05) is 0 Å². The number of aromatic nitrogens is 3. The largest absolute Gasteiger partial charge is 0.330 e. The molecule has 0 radical (unpaired) electrons. The van der Waals surface area contributed by atoms with Crippen molar-refractivity contribution in [3.63, 3.8) is 0 Å². The van der Waals surface area contributed by atoms with Crippen molar-refractivity contribution < 1.29 is 0 Å². The van der Waals surface area contributed by atoms with E-state index in [2.05, 4.69) is 10.1 Å². The second kappa shape index (κ2) is 5.16. The Balaban J connectivity index is 2.20. The van der Waals surface area contributed by atoms with Crippen molar-refractivity contribution in [3.05, 3.63) is 12.2 Å². The molecule has 0 amide bonds. The van der Waals surface area contributed by atoms with Gasteiger partial charge in [0.05, 0.1) is 5.75 Å². The molecule has 12 heavy (non-hydrogen) atoms. The van der Waals surface area contributed by atoms with Crippen molar-refractivity contribution >= 4 is 11.8 Å². The highest BCUT2D eigenvalue weighted by atomic mass is 32.2. The Kier molecular flexibility index (Phi) is 4.10. The summed E-state index contributed by atoms with van der Waals surface area (Å²) in [5.41, 5.74) is 5.37. The molecule has 0 aliphatic carbocycles. The number of rotatable bonds is 5. The fourth-order valence-electron chi connectivity index (χ4n) is 0.800. The van der Waals surface area contributed by atoms with Crippen molar-refractivity contribution in [2.75, 3.05) is 12.3 Å². The minimum absolute atomic E-state index is 0.770. The predicted octanol–water partition coefficient (Wildman–Crippen LogP) is 0.397. The third-order valence-electron chi connectivity index (χ3n) is 1.53. The van der Waals surface area contributed by atoms with Crippen molar-refractivity contribution in [3.8, 4) is 0 Å². The summed E-state index contributed by atoms with van der Waals surface area (Å²) in [6.07, 6.45) is 2.65. The smallest absolute Gasteiger partial charge is 0.138 e. The first kappa shape index (κ1) is 9.54. The zero-order chi connectivity index (χ0) is 8.81. The van der Waals surface area contributed by atoms with Crippen LogP contribution in [0.5, 0.6) is 0 Å². The molecule has 4 nitrogen and oxygen atoms in total. The second-order valence-corrected chi connectivity index (χ2v) is 3.60. The van der Waals surface area contributed by atoms with Crippen LogP contribution >= 0.6 is 11.8 Å². The maximum atomic E-state index is 5.37. The lowest BCUT2D eigenvalue weighted by Gasteiger charge is -1.99. The van der Waals surface area contributed by atoms with Gasteiger partial charge >= 0.3 is 0 Å². The number of nitrogens with two attached hydrogens (primary N) is 1. The average molecular weight is 186 g/mol.